The Hall–Kier alpha value is -2.36. The Kier molecular flexibility index (Phi) is 6.40. The zero-order valence-electron chi connectivity index (χ0n) is 10.9. The molecule has 0 saturated heterocycles. The SMILES string of the molecule is CC(=O)NNC(=O)COC(=O)CNC(=O)c1ccc(Br)o1. The number of hydrazine groups is 1. The first-order chi connectivity index (χ1) is 9.88. The van der Waals surface area contributed by atoms with Crippen molar-refractivity contribution >= 4 is 39.6 Å². The second-order valence-electron chi connectivity index (χ2n) is 3.68. The van der Waals surface area contributed by atoms with Crippen LogP contribution in [0.5, 0.6) is 0 Å². The van der Waals surface area contributed by atoms with Crippen LogP contribution < -0.4 is 16.2 Å². The van der Waals surface area contributed by atoms with Crippen LogP contribution in [-0.2, 0) is 19.1 Å². The molecule has 0 unspecified atom stereocenters. The third-order valence-electron chi connectivity index (χ3n) is 1.93. The van der Waals surface area contributed by atoms with Crippen LogP contribution in [0.25, 0.3) is 0 Å². The number of furan rings is 1. The predicted molar refractivity (Wildman–Crippen MR) is 71.7 cm³/mol. The molecule has 0 aliphatic heterocycles. The molecule has 1 heterocycles. The summed E-state index contributed by atoms with van der Waals surface area (Å²) in [6.07, 6.45) is 0. The predicted octanol–water partition coefficient (Wildman–Crippen LogP) is -0.518. The lowest BCUT2D eigenvalue weighted by Gasteiger charge is -2.06. The number of amides is 3. The second-order valence-corrected chi connectivity index (χ2v) is 4.46. The van der Waals surface area contributed by atoms with Gasteiger partial charge in [0.25, 0.3) is 11.8 Å². The van der Waals surface area contributed by atoms with Crippen molar-refractivity contribution in [3.63, 3.8) is 0 Å². The Bertz CT molecular complexity index is 556. The molecule has 1 aromatic heterocycles. The maximum Gasteiger partial charge on any atom is 0.325 e. The minimum Gasteiger partial charge on any atom is -0.454 e. The molecular formula is C11H12BrN3O6. The van der Waals surface area contributed by atoms with Crippen molar-refractivity contribution in [2.24, 2.45) is 0 Å². The number of halogens is 1. The molecule has 3 N–H and O–H groups in total. The van der Waals surface area contributed by atoms with E-state index in [-0.39, 0.29) is 5.76 Å². The molecule has 9 nitrogen and oxygen atoms in total. The van der Waals surface area contributed by atoms with E-state index in [1.165, 1.54) is 19.1 Å². The lowest BCUT2D eigenvalue weighted by atomic mass is 10.4. The number of esters is 1. The fourth-order valence-corrected chi connectivity index (χ4v) is 1.37. The zero-order chi connectivity index (χ0) is 15.8. The van der Waals surface area contributed by atoms with Crippen molar-refractivity contribution in [3.05, 3.63) is 22.6 Å². The normalized spacial score (nSPS) is 9.62. The van der Waals surface area contributed by atoms with Gasteiger partial charge >= 0.3 is 5.97 Å². The van der Waals surface area contributed by atoms with Crippen LogP contribution in [0.3, 0.4) is 0 Å². The molecule has 0 radical (unpaired) electrons. The molecular weight excluding hydrogens is 350 g/mol. The van der Waals surface area contributed by atoms with E-state index in [1.807, 2.05) is 10.9 Å². The monoisotopic (exact) mass is 361 g/mol. The summed E-state index contributed by atoms with van der Waals surface area (Å²) in [7, 11) is 0. The molecule has 1 rings (SSSR count). The Balaban J connectivity index is 2.23. The van der Waals surface area contributed by atoms with Gasteiger partial charge in [0.15, 0.2) is 17.0 Å². The van der Waals surface area contributed by atoms with E-state index in [4.69, 9.17) is 4.42 Å². The highest BCUT2D eigenvalue weighted by molar-refractivity contribution is 9.10. The van der Waals surface area contributed by atoms with Gasteiger partial charge in [-0.25, -0.2) is 0 Å². The number of hydrogen-bond acceptors (Lipinski definition) is 6. The van der Waals surface area contributed by atoms with Crippen molar-refractivity contribution in [1.29, 1.82) is 0 Å². The zero-order valence-corrected chi connectivity index (χ0v) is 12.5. The van der Waals surface area contributed by atoms with Crippen LogP contribution in [-0.4, -0.2) is 36.8 Å². The summed E-state index contributed by atoms with van der Waals surface area (Å²) in [5.41, 5.74) is 4.03. The molecule has 3 amide bonds. The Morgan fingerprint density at radius 3 is 2.52 bits per heavy atom. The number of hydrogen-bond donors (Lipinski definition) is 3. The lowest BCUT2D eigenvalue weighted by Crippen LogP contribution is -2.43. The second kappa shape index (κ2) is 8.04. The van der Waals surface area contributed by atoms with Crippen molar-refractivity contribution < 1.29 is 28.3 Å². The van der Waals surface area contributed by atoms with Gasteiger partial charge in [0.05, 0.1) is 0 Å². The average molecular weight is 362 g/mol. The van der Waals surface area contributed by atoms with E-state index in [9.17, 15) is 19.2 Å². The maximum atomic E-state index is 11.5. The van der Waals surface area contributed by atoms with Gasteiger partial charge in [0.1, 0.15) is 6.54 Å². The third-order valence-corrected chi connectivity index (χ3v) is 2.36. The number of ether oxygens (including phenoxy) is 1. The molecule has 0 aromatic carbocycles. The van der Waals surface area contributed by atoms with Gasteiger partial charge in [-0.15, -0.1) is 0 Å². The van der Waals surface area contributed by atoms with E-state index in [1.54, 1.807) is 0 Å². The van der Waals surface area contributed by atoms with Crippen molar-refractivity contribution in [2.45, 2.75) is 6.92 Å². The molecule has 0 bridgehead atoms. The van der Waals surface area contributed by atoms with Crippen LogP contribution >= 0.6 is 15.9 Å². The number of nitrogens with one attached hydrogen (secondary N) is 3. The summed E-state index contributed by atoms with van der Waals surface area (Å²) in [5.74, 6) is -2.56. The molecule has 114 valence electrons. The Morgan fingerprint density at radius 2 is 1.95 bits per heavy atom. The average Bonchev–Trinajstić information content (AvgIpc) is 2.86. The molecule has 0 fully saturated rings. The highest BCUT2D eigenvalue weighted by Crippen LogP contribution is 2.13. The third kappa shape index (κ3) is 6.56. The topological polar surface area (TPSA) is 127 Å². The Labute approximate surface area is 127 Å². The quantitative estimate of drug-likeness (QED) is 0.478. The van der Waals surface area contributed by atoms with E-state index >= 15 is 0 Å². The maximum absolute atomic E-state index is 11.5. The van der Waals surface area contributed by atoms with Gasteiger partial charge in [-0.3, -0.25) is 30.0 Å². The molecule has 10 heteroatoms. The summed E-state index contributed by atoms with van der Waals surface area (Å²) in [6, 6.07) is 2.95. The van der Waals surface area contributed by atoms with Crippen LogP contribution in [0.15, 0.2) is 21.2 Å². The molecule has 0 aliphatic rings. The first-order valence-electron chi connectivity index (χ1n) is 5.63. The number of rotatable bonds is 5. The summed E-state index contributed by atoms with van der Waals surface area (Å²) in [5, 5.41) is 2.26. The van der Waals surface area contributed by atoms with Gasteiger partial charge in [-0.2, -0.15) is 0 Å². The first-order valence-corrected chi connectivity index (χ1v) is 6.42. The van der Waals surface area contributed by atoms with Gasteiger partial charge in [0, 0.05) is 6.92 Å². The van der Waals surface area contributed by atoms with E-state index in [0.29, 0.717) is 4.67 Å². The molecule has 0 spiro atoms. The van der Waals surface area contributed by atoms with Crippen molar-refractivity contribution in [3.8, 4) is 0 Å². The van der Waals surface area contributed by atoms with Gasteiger partial charge < -0.3 is 14.5 Å². The fourth-order valence-electron chi connectivity index (χ4n) is 1.07. The first kappa shape index (κ1) is 16.7. The molecule has 1 aromatic rings. The summed E-state index contributed by atoms with van der Waals surface area (Å²) in [4.78, 5) is 44.4. The van der Waals surface area contributed by atoms with Crippen molar-refractivity contribution in [1.82, 2.24) is 16.2 Å². The van der Waals surface area contributed by atoms with Gasteiger partial charge in [0.2, 0.25) is 5.91 Å². The highest BCUT2D eigenvalue weighted by atomic mass is 79.9. The van der Waals surface area contributed by atoms with Crippen molar-refractivity contribution in [2.75, 3.05) is 13.2 Å². The van der Waals surface area contributed by atoms with Crippen LogP contribution in [0, 0.1) is 0 Å². The van der Waals surface area contributed by atoms with E-state index in [0.717, 1.165) is 0 Å². The smallest absolute Gasteiger partial charge is 0.325 e. The fraction of sp³-hybridized carbons (Fsp3) is 0.273. The largest absolute Gasteiger partial charge is 0.454 e. The Morgan fingerprint density at radius 1 is 1.24 bits per heavy atom. The van der Waals surface area contributed by atoms with Gasteiger partial charge in [-0.1, -0.05) is 0 Å². The molecule has 0 atom stereocenters. The van der Waals surface area contributed by atoms with Crippen LogP contribution in [0.1, 0.15) is 17.5 Å². The standard InChI is InChI=1S/C11H12BrN3O6/c1-6(16)14-15-9(17)5-20-10(18)4-13-11(19)7-2-3-8(12)21-7/h2-3H,4-5H2,1H3,(H,13,19)(H,14,16)(H,15,17). The minimum atomic E-state index is -0.813. The summed E-state index contributed by atoms with van der Waals surface area (Å²) in [6.45, 7) is 0.195. The summed E-state index contributed by atoms with van der Waals surface area (Å²) < 4.78 is 9.93. The van der Waals surface area contributed by atoms with Crippen LogP contribution in [0.2, 0.25) is 0 Å². The number of carbonyl (C=O) groups excluding carboxylic acids is 4. The van der Waals surface area contributed by atoms with Gasteiger partial charge in [-0.05, 0) is 28.1 Å². The molecule has 0 aliphatic carbocycles. The summed E-state index contributed by atoms with van der Waals surface area (Å²) >= 11 is 3.03. The van der Waals surface area contributed by atoms with Crippen LogP contribution in [0.4, 0.5) is 0 Å². The minimum absolute atomic E-state index is 0.0260. The van der Waals surface area contributed by atoms with E-state index in [2.05, 4.69) is 26.0 Å². The van der Waals surface area contributed by atoms with E-state index < -0.39 is 36.8 Å². The molecule has 0 saturated carbocycles. The number of carbonyl (C=O) groups is 4. The molecule has 21 heavy (non-hydrogen) atoms. The lowest BCUT2D eigenvalue weighted by molar-refractivity contribution is -0.148. The highest BCUT2D eigenvalue weighted by Gasteiger charge is 2.13.